The van der Waals surface area contributed by atoms with Crippen molar-refractivity contribution in [3.63, 3.8) is 0 Å². The van der Waals surface area contributed by atoms with Gasteiger partial charge in [0.15, 0.2) is 6.10 Å². The predicted molar refractivity (Wildman–Crippen MR) is 89.0 cm³/mol. The lowest BCUT2D eigenvalue weighted by atomic mass is 10.0. The summed E-state index contributed by atoms with van der Waals surface area (Å²) >= 11 is 0. The van der Waals surface area contributed by atoms with Crippen molar-refractivity contribution in [3.8, 4) is 5.75 Å². The van der Waals surface area contributed by atoms with E-state index in [0.29, 0.717) is 5.75 Å². The second kappa shape index (κ2) is 7.27. The zero-order chi connectivity index (χ0) is 17.0. The largest absolute Gasteiger partial charge is 0.481 e. The van der Waals surface area contributed by atoms with Gasteiger partial charge < -0.3 is 10.1 Å². The van der Waals surface area contributed by atoms with E-state index in [4.69, 9.17) is 4.74 Å². The van der Waals surface area contributed by atoms with Gasteiger partial charge in [-0.2, -0.15) is 0 Å². The molecule has 0 aliphatic rings. The van der Waals surface area contributed by atoms with Gasteiger partial charge in [0.05, 0.1) is 6.04 Å². The Kier molecular flexibility index (Phi) is 5.37. The topological polar surface area (TPSA) is 38.3 Å². The summed E-state index contributed by atoms with van der Waals surface area (Å²) in [5.74, 6) is -0.0760. The number of hydrogen-bond donors (Lipinski definition) is 1. The van der Waals surface area contributed by atoms with Crippen LogP contribution in [0.5, 0.6) is 5.75 Å². The molecule has 0 saturated heterocycles. The Morgan fingerprint density at radius 2 is 1.74 bits per heavy atom. The smallest absolute Gasteiger partial charge is 0.261 e. The average molecular weight is 315 g/mol. The Morgan fingerprint density at radius 3 is 2.35 bits per heavy atom. The molecule has 122 valence electrons. The van der Waals surface area contributed by atoms with Gasteiger partial charge in [0.2, 0.25) is 0 Å². The third kappa shape index (κ3) is 4.55. The number of ether oxygens (including phenoxy) is 1. The Labute approximate surface area is 136 Å². The van der Waals surface area contributed by atoms with E-state index in [9.17, 15) is 9.18 Å². The summed E-state index contributed by atoms with van der Waals surface area (Å²) in [7, 11) is 0. The van der Waals surface area contributed by atoms with Crippen LogP contribution in [0.2, 0.25) is 0 Å². The molecular weight excluding hydrogens is 293 g/mol. The Morgan fingerprint density at radius 1 is 1.09 bits per heavy atom. The van der Waals surface area contributed by atoms with E-state index in [1.165, 1.54) is 29.8 Å². The molecule has 3 nitrogen and oxygen atoms in total. The monoisotopic (exact) mass is 315 g/mol. The highest BCUT2D eigenvalue weighted by atomic mass is 19.1. The van der Waals surface area contributed by atoms with Crippen LogP contribution in [0.4, 0.5) is 4.39 Å². The van der Waals surface area contributed by atoms with Crippen LogP contribution in [0.25, 0.3) is 0 Å². The summed E-state index contributed by atoms with van der Waals surface area (Å²) in [5.41, 5.74) is 3.42. The molecule has 2 aromatic rings. The van der Waals surface area contributed by atoms with Crippen molar-refractivity contribution in [2.45, 2.75) is 39.8 Å². The fourth-order valence-corrected chi connectivity index (χ4v) is 2.49. The number of benzene rings is 2. The van der Waals surface area contributed by atoms with Gasteiger partial charge in [0, 0.05) is 0 Å². The molecule has 0 aliphatic carbocycles. The fourth-order valence-electron chi connectivity index (χ4n) is 2.49. The summed E-state index contributed by atoms with van der Waals surface area (Å²) in [6, 6.07) is 11.7. The molecule has 0 radical (unpaired) electrons. The second-order valence-corrected chi connectivity index (χ2v) is 5.80. The van der Waals surface area contributed by atoms with Gasteiger partial charge in [-0.05, 0) is 63.1 Å². The molecule has 0 aromatic heterocycles. The molecule has 0 saturated carbocycles. The van der Waals surface area contributed by atoms with Crippen molar-refractivity contribution in [3.05, 3.63) is 65.0 Å². The maximum absolute atomic E-state index is 12.9. The highest BCUT2D eigenvalue weighted by Crippen LogP contribution is 2.19. The first-order valence-corrected chi connectivity index (χ1v) is 7.66. The molecule has 0 heterocycles. The van der Waals surface area contributed by atoms with Gasteiger partial charge >= 0.3 is 0 Å². The summed E-state index contributed by atoms with van der Waals surface area (Å²) < 4.78 is 18.4. The van der Waals surface area contributed by atoms with E-state index in [0.717, 1.165) is 11.1 Å². The Hall–Kier alpha value is -2.36. The zero-order valence-corrected chi connectivity index (χ0v) is 13.9. The number of amides is 1. The van der Waals surface area contributed by atoms with E-state index in [2.05, 4.69) is 11.4 Å². The SMILES string of the molecule is Cc1ccc(C(C)NC(=O)C(C)Oc2ccc(F)cc2)c(C)c1. The normalized spacial score (nSPS) is 13.3. The van der Waals surface area contributed by atoms with Crippen molar-refractivity contribution in [2.75, 3.05) is 0 Å². The summed E-state index contributed by atoms with van der Waals surface area (Å²) in [5, 5.41) is 2.95. The van der Waals surface area contributed by atoms with Crippen LogP contribution in [0.1, 0.15) is 36.6 Å². The molecule has 2 atom stereocenters. The van der Waals surface area contributed by atoms with E-state index in [1.807, 2.05) is 32.9 Å². The molecular formula is C19H22FNO2. The van der Waals surface area contributed by atoms with Crippen LogP contribution < -0.4 is 10.1 Å². The minimum absolute atomic E-state index is 0.109. The average Bonchev–Trinajstić information content (AvgIpc) is 2.49. The molecule has 0 aliphatic heterocycles. The first-order valence-electron chi connectivity index (χ1n) is 7.66. The van der Waals surface area contributed by atoms with Crippen LogP contribution in [-0.2, 0) is 4.79 Å². The standard InChI is InChI=1S/C19H22FNO2/c1-12-5-10-18(13(2)11-12)14(3)21-19(22)15(4)23-17-8-6-16(20)7-9-17/h5-11,14-15H,1-4H3,(H,21,22). The van der Waals surface area contributed by atoms with Crippen LogP contribution in [0.3, 0.4) is 0 Å². The lowest BCUT2D eigenvalue weighted by Gasteiger charge is -2.20. The Bertz CT molecular complexity index is 682. The third-order valence-corrected chi connectivity index (χ3v) is 3.75. The van der Waals surface area contributed by atoms with Crippen LogP contribution in [0, 0.1) is 19.7 Å². The molecule has 1 amide bonds. The van der Waals surface area contributed by atoms with Gasteiger partial charge in [-0.25, -0.2) is 4.39 Å². The van der Waals surface area contributed by atoms with Crippen LogP contribution in [0.15, 0.2) is 42.5 Å². The highest BCUT2D eigenvalue weighted by molar-refractivity contribution is 5.81. The van der Waals surface area contributed by atoms with Gasteiger partial charge in [0.25, 0.3) is 5.91 Å². The number of carbonyl (C=O) groups excluding carboxylic acids is 1. The summed E-state index contributed by atoms with van der Waals surface area (Å²) in [6.45, 7) is 7.69. The molecule has 2 unspecified atom stereocenters. The van der Waals surface area contributed by atoms with Crippen molar-refractivity contribution in [1.82, 2.24) is 5.32 Å². The highest BCUT2D eigenvalue weighted by Gasteiger charge is 2.18. The van der Waals surface area contributed by atoms with Crippen molar-refractivity contribution in [1.29, 1.82) is 0 Å². The molecule has 0 fully saturated rings. The van der Waals surface area contributed by atoms with E-state index in [1.54, 1.807) is 6.92 Å². The number of hydrogen-bond acceptors (Lipinski definition) is 2. The zero-order valence-electron chi connectivity index (χ0n) is 13.9. The van der Waals surface area contributed by atoms with Gasteiger partial charge in [-0.1, -0.05) is 23.8 Å². The first kappa shape index (κ1) is 17.0. The minimum Gasteiger partial charge on any atom is -0.481 e. The number of nitrogens with one attached hydrogen (secondary N) is 1. The molecule has 2 aromatic carbocycles. The molecule has 0 spiro atoms. The van der Waals surface area contributed by atoms with E-state index in [-0.39, 0.29) is 17.8 Å². The van der Waals surface area contributed by atoms with Gasteiger partial charge in [-0.3, -0.25) is 4.79 Å². The maximum Gasteiger partial charge on any atom is 0.261 e. The van der Waals surface area contributed by atoms with Crippen LogP contribution in [-0.4, -0.2) is 12.0 Å². The predicted octanol–water partition coefficient (Wildman–Crippen LogP) is 4.09. The lowest BCUT2D eigenvalue weighted by molar-refractivity contribution is -0.127. The van der Waals surface area contributed by atoms with Gasteiger partial charge in [-0.15, -0.1) is 0 Å². The number of aryl methyl sites for hydroxylation is 2. The fraction of sp³-hybridized carbons (Fsp3) is 0.316. The summed E-state index contributed by atoms with van der Waals surface area (Å²) in [6.07, 6.45) is -0.659. The quantitative estimate of drug-likeness (QED) is 0.902. The maximum atomic E-state index is 12.9. The second-order valence-electron chi connectivity index (χ2n) is 5.80. The third-order valence-electron chi connectivity index (χ3n) is 3.75. The van der Waals surface area contributed by atoms with Crippen molar-refractivity contribution < 1.29 is 13.9 Å². The number of carbonyl (C=O) groups is 1. The number of halogens is 1. The first-order chi connectivity index (χ1) is 10.9. The Balaban J connectivity index is 1.98. The molecule has 4 heteroatoms. The minimum atomic E-state index is -0.659. The molecule has 1 N–H and O–H groups in total. The number of rotatable bonds is 5. The lowest BCUT2D eigenvalue weighted by Crippen LogP contribution is -2.38. The molecule has 23 heavy (non-hydrogen) atoms. The van der Waals surface area contributed by atoms with Crippen LogP contribution >= 0.6 is 0 Å². The van der Waals surface area contributed by atoms with E-state index >= 15 is 0 Å². The van der Waals surface area contributed by atoms with Crippen molar-refractivity contribution in [2.24, 2.45) is 0 Å². The van der Waals surface area contributed by atoms with E-state index < -0.39 is 6.10 Å². The summed E-state index contributed by atoms with van der Waals surface area (Å²) in [4.78, 5) is 12.3. The molecule has 2 rings (SSSR count). The van der Waals surface area contributed by atoms with Gasteiger partial charge in [0.1, 0.15) is 11.6 Å². The van der Waals surface area contributed by atoms with Crippen molar-refractivity contribution >= 4 is 5.91 Å². The molecule has 0 bridgehead atoms.